The number of ether oxygens (including phenoxy) is 1. The third-order valence-electron chi connectivity index (χ3n) is 4.61. The molecule has 4 atom stereocenters. The quantitative estimate of drug-likeness (QED) is 0.815. The fraction of sp³-hybridized carbons (Fsp3) is 1.00. The normalized spacial score (nSPS) is 39.5. The molecule has 1 aliphatic carbocycles. The van der Waals surface area contributed by atoms with Gasteiger partial charge < -0.3 is 10.1 Å². The second kappa shape index (κ2) is 6.19. The summed E-state index contributed by atoms with van der Waals surface area (Å²) in [6.45, 7) is 7.92. The average molecular weight is 239 g/mol. The van der Waals surface area contributed by atoms with Crippen LogP contribution in [-0.2, 0) is 4.74 Å². The first-order valence-corrected chi connectivity index (χ1v) is 7.54. The minimum atomic E-state index is 0.447. The van der Waals surface area contributed by atoms with E-state index in [9.17, 15) is 0 Å². The molecule has 1 saturated heterocycles. The average Bonchev–Trinajstić information content (AvgIpc) is 2.29. The fourth-order valence-corrected chi connectivity index (χ4v) is 3.62. The van der Waals surface area contributed by atoms with Gasteiger partial charge in [0.15, 0.2) is 0 Å². The molecule has 2 fully saturated rings. The highest BCUT2D eigenvalue weighted by molar-refractivity contribution is 4.87. The Bertz CT molecular complexity index is 229. The molecule has 17 heavy (non-hydrogen) atoms. The first-order valence-electron chi connectivity index (χ1n) is 7.54. The van der Waals surface area contributed by atoms with Gasteiger partial charge in [0, 0.05) is 18.7 Å². The van der Waals surface area contributed by atoms with Crippen LogP contribution in [0.4, 0.5) is 0 Å². The zero-order valence-corrected chi connectivity index (χ0v) is 11.7. The van der Waals surface area contributed by atoms with Gasteiger partial charge in [-0.1, -0.05) is 26.7 Å². The standard InChI is InChI=1S/C15H29NO/c1-11(2)14-6-4-5-7-15(14)16-13-8-9-17-12(3)10-13/h11-16H,4-10H2,1-3H3. The maximum Gasteiger partial charge on any atom is 0.0561 e. The van der Waals surface area contributed by atoms with E-state index in [1.807, 2.05) is 0 Å². The van der Waals surface area contributed by atoms with Crippen LogP contribution in [0.5, 0.6) is 0 Å². The van der Waals surface area contributed by atoms with E-state index in [0.29, 0.717) is 12.1 Å². The van der Waals surface area contributed by atoms with Crippen LogP contribution in [0.1, 0.15) is 59.3 Å². The summed E-state index contributed by atoms with van der Waals surface area (Å²) in [7, 11) is 0. The second-order valence-electron chi connectivity index (χ2n) is 6.37. The highest BCUT2D eigenvalue weighted by atomic mass is 16.5. The molecule has 0 aromatic heterocycles. The molecule has 2 rings (SSSR count). The number of hydrogen-bond donors (Lipinski definition) is 1. The van der Waals surface area contributed by atoms with Crippen molar-refractivity contribution in [2.75, 3.05) is 6.61 Å². The predicted octanol–water partition coefficient (Wildman–Crippen LogP) is 3.36. The Morgan fingerprint density at radius 1 is 1.12 bits per heavy atom. The van der Waals surface area contributed by atoms with Crippen LogP contribution in [0.3, 0.4) is 0 Å². The van der Waals surface area contributed by atoms with Crippen molar-refractivity contribution < 1.29 is 4.74 Å². The molecule has 1 heterocycles. The van der Waals surface area contributed by atoms with Gasteiger partial charge in [-0.05, 0) is 44.4 Å². The predicted molar refractivity (Wildman–Crippen MR) is 72.2 cm³/mol. The first-order chi connectivity index (χ1) is 8.16. The molecule has 2 heteroatoms. The van der Waals surface area contributed by atoms with Crippen LogP contribution in [0.15, 0.2) is 0 Å². The van der Waals surface area contributed by atoms with Gasteiger partial charge in [-0.15, -0.1) is 0 Å². The lowest BCUT2D eigenvalue weighted by Gasteiger charge is -2.39. The van der Waals surface area contributed by atoms with Crippen molar-refractivity contribution in [3.63, 3.8) is 0 Å². The van der Waals surface area contributed by atoms with Gasteiger partial charge >= 0.3 is 0 Å². The molecule has 4 unspecified atom stereocenters. The van der Waals surface area contributed by atoms with E-state index in [1.165, 1.54) is 38.5 Å². The summed E-state index contributed by atoms with van der Waals surface area (Å²) in [6, 6.07) is 1.46. The summed E-state index contributed by atoms with van der Waals surface area (Å²) in [5.74, 6) is 1.71. The summed E-state index contributed by atoms with van der Waals surface area (Å²) in [6.07, 6.45) is 8.50. The van der Waals surface area contributed by atoms with Crippen molar-refractivity contribution in [2.45, 2.75) is 77.5 Å². The summed E-state index contributed by atoms with van der Waals surface area (Å²) in [4.78, 5) is 0. The summed E-state index contributed by atoms with van der Waals surface area (Å²) in [5, 5.41) is 3.94. The number of hydrogen-bond acceptors (Lipinski definition) is 2. The van der Waals surface area contributed by atoms with E-state index in [-0.39, 0.29) is 0 Å². The maximum absolute atomic E-state index is 5.63. The molecule has 0 aromatic rings. The molecular formula is C15H29NO. The molecule has 0 radical (unpaired) electrons. The minimum Gasteiger partial charge on any atom is -0.378 e. The Morgan fingerprint density at radius 3 is 2.59 bits per heavy atom. The summed E-state index contributed by atoms with van der Waals surface area (Å²) in [5.41, 5.74) is 0. The van der Waals surface area contributed by atoms with E-state index >= 15 is 0 Å². The Labute approximate surface area is 107 Å². The Kier molecular flexibility index (Phi) is 4.87. The van der Waals surface area contributed by atoms with Crippen molar-refractivity contribution >= 4 is 0 Å². The fourth-order valence-electron chi connectivity index (χ4n) is 3.62. The number of nitrogens with one attached hydrogen (secondary N) is 1. The van der Waals surface area contributed by atoms with Crippen molar-refractivity contribution in [3.05, 3.63) is 0 Å². The highest BCUT2D eigenvalue weighted by Gasteiger charge is 2.30. The largest absolute Gasteiger partial charge is 0.378 e. The van der Waals surface area contributed by atoms with Gasteiger partial charge in [-0.3, -0.25) is 0 Å². The van der Waals surface area contributed by atoms with Crippen molar-refractivity contribution in [2.24, 2.45) is 11.8 Å². The smallest absolute Gasteiger partial charge is 0.0561 e. The minimum absolute atomic E-state index is 0.447. The van der Waals surface area contributed by atoms with E-state index in [0.717, 1.165) is 24.5 Å². The topological polar surface area (TPSA) is 21.3 Å². The van der Waals surface area contributed by atoms with Crippen molar-refractivity contribution in [3.8, 4) is 0 Å². The van der Waals surface area contributed by atoms with Crippen LogP contribution >= 0.6 is 0 Å². The molecule has 1 N–H and O–H groups in total. The third-order valence-corrected chi connectivity index (χ3v) is 4.61. The lowest BCUT2D eigenvalue weighted by molar-refractivity contribution is 0.00734. The maximum atomic E-state index is 5.63. The molecule has 0 bridgehead atoms. The van der Waals surface area contributed by atoms with Crippen LogP contribution in [-0.4, -0.2) is 24.8 Å². The molecule has 2 aliphatic rings. The number of rotatable bonds is 3. The van der Waals surface area contributed by atoms with Gasteiger partial charge in [0.25, 0.3) is 0 Å². The van der Waals surface area contributed by atoms with Gasteiger partial charge in [0.2, 0.25) is 0 Å². The first kappa shape index (κ1) is 13.4. The van der Waals surface area contributed by atoms with Gasteiger partial charge in [-0.25, -0.2) is 0 Å². The summed E-state index contributed by atoms with van der Waals surface area (Å²) < 4.78 is 5.63. The van der Waals surface area contributed by atoms with Gasteiger partial charge in [0.1, 0.15) is 0 Å². The van der Waals surface area contributed by atoms with Crippen molar-refractivity contribution in [1.29, 1.82) is 0 Å². The Balaban J connectivity index is 1.86. The van der Waals surface area contributed by atoms with E-state index in [4.69, 9.17) is 4.74 Å². The SMILES string of the molecule is CC1CC(NC2CCCCC2C(C)C)CCO1. The Morgan fingerprint density at radius 2 is 1.88 bits per heavy atom. The monoisotopic (exact) mass is 239 g/mol. The Hall–Kier alpha value is -0.0800. The molecular weight excluding hydrogens is 210 g/mol. The van der Waals surface area contributed by atoms with Crippen LogP contribution < -0.4 is 5.32 Å². The van der Waals surface area contributed by atoms with E-state index in [1.54, 1.807) is 0 Å². The molecule has 0 spiro atoms. The van der Waals surface area contributed by atoms with Crippen LogP contribution in [0, 0.1) is 11.8 Å². The molecule has 0 amide bonds. The third kappa shape index (κ3) is 3.69. The molecule has 2 nitrogen and oxygen atoms in total. The van der Waals surface area contributed by atoms with Crippen LogP contribution in [0.2, 0.25) is 0 Å². The molecule has 1 aliphatic heterocycles. The second-order valence-corrected chi connectivity index (χ2v) is 6.37. The zero-order valence-electron chi connectivity index (χ0n) is 11.7. The van der Waals surface area contributed by atoms with Crippen LogP contribution in [0.25, 0.3) is 0 Å². The highest BCUT2D eigenvalue weighted by Crippen LogP contribution is 2.31. The van der Waals surface area contributed by atoms with Gasteiger partial charge in [-0.2, -0.15) is 0 Å². The summed E-state index contributed by atoms with van der Waals surface area (Å²) >= 11 is 0. The van der Waals surface area contributed by atoms with E-state index in [2.05, 4.69) is 26.1 Å². The van der Waals surface area contributed by atoms with E-state index < -0.39 is 0 Å². The van der Waals surface area contributed by atoms with Crippen molar-refractivity contribution in [1.82, 2.24) is 5.32 Å². The lowest BCUT2D eigenvalue weighted by Crippen LogP contribution is -2.48. The van der Waals surface area contributed by atoms with Gasteiger partial charge in [0.05, 0.1) is 6.10 Å². The molecule has 100 valence electrons. The molecule has 0 aromatic carbocycles. The lowest BCUT2D eigenvalue weighted by atomic mass is 9.77. The zero-order chi connectivity index (χ0) is 12.3. The molecule has 1 saturated carbocycles.